The van der Waals surface area contributed by atoms with E-state index in [2.05, 4.69) is 21.5 Å². The van der Waals surface area contributed by atoms with Crippen LogP contribution in [-0.2, 0) is 12.4 Å². The van der Waals surface area contributed by atoms with E-state index in [1.54, 1.807) is 0 Å². The lowest BCUT2D eigenvalue weighted by Crippen LogP contribution is -2.34. The summed E-state index contributed by atoms with van der Waals surface area (Å²) in [6.45, 7) is 3.32. The average molecular weight is 312 g/mol. The number of rotatable bonds is 3. The molecule has 0 aliphatic carbocycles. The van der Waals surface area contributed by atoms with Crippen molar-refractivity contribution < 1.29 is 0 Å². The molecule has 0 radical (unpaired) electrons. The fourth-order valence-corrected chi connectivity index (χ4v) is 3.50. The molecule has 1 saturated heterocycles. The van der Waals surface area contributed by atoms with Gasteiger partial charge in [-0.3, -0.25) is 0 Å². The number of imidazole rings is 1. The predicted octanol–water partition coefficient (Wildman–Crippen LogP) is 3.77. The van der Waals surface area contributed by atoms with E-state index in [-0.39, 0.29) is 0 Å². The van der Waals surface area contributed by atoms with Gasteiger partial charge < -0.3 is 9.47 Å². The van der Waals surface area contributed by atoms with Crippen LogP contribution >= 0.6 is 23.2 Å². The van der Waals surface area contributed by atoms with E-state index in [0.717, 1.165) is 35.0 Å². The maximum Gasteiger partial charge on any atom is 0.124 e. The van der Waals surface area contributed by atoms with Crippen LogP contribution in [-0.4, -0.2) is 34.6 Å². The number of fused-ring (bicyclic) bond motifs is 1. The van der Waals surface area contributed by atoms with Crippen molar-refractivity contribution in [3.05, 3.63) is 29.0 Å². The van der Waals surface area contributed by atoms with Crippen LogP contribution in [0, 0.1) is 5.92 Å². The Bertz CT molecular complexity index is 608. The molecular weight excluding hydrogens is 293 g/mol. The second-order valence-electron chi connectivity index (χ2n) is 5.68. The molecule has 0 N–H and O–H groups in total. The lowest BCUT2D eigenvalue weighted by Gasteiger charge is -2.30. The van der Waals surface area contributed by atoms with Gasteiger partial charge in [0.2, 0.25) is 0 Å². The highest BCUT2D eigenvalue weighted by Crippen LogP contribution is 2.25. The number of halogens is 2. The molecule has 0 amide bonds. The summed E-state index contributed by atoms with van der Waals surface area (Å²) < 4.78 is 2.25. The Morgan fingerprint density at radius 1 is 1.40 bits per heavy atom. The van der Waals surface area contributed by atoms with Crippen LogP contribution in [0.25, 0.3) is 11.0 Å². The largest absolute Gasteiger partial charge is 0.327 e. The molecule has 2 aromatic rings. The molecule has 1 aromatic heterocycles. The van der Waals surface area contributed by atoms with E-state index >= 15 is 0 Å². The quantitative estimate of drug-likeness (QED) is 0.805. The second-order valence-corrected chi connectivity index (χ2v) is 6.38. The molecule has 1 atom stereocenters. The average Bonchev–Trinajstić information content (AvgIpc) is 2.76. The lowest BCUT2D eigenvalue weighted by atomic mass is 9.98. The summed E-state index contributed by atoms with van der Waals surface area (Å²) in [5, 5.41) is 0.750. The van der Waals surface area contributed by atoms with Crippen molar-refractivity contribution in [1.82, 2.24) is 14.5 Å². The van der Waals surface area contributed by atoms with Crippen molar-refractivity contribution in [2.75, 3.05) is 20.1 Å². The predicted molar refractivity (Wildman–Crippen MR) is 84.5 cm³/mol. The minimum Gasteiger partial charge on any atom is -0.327 e. The standard InChI is InChI=1S/C15H19Cl2N3/c1-19-6-2-3-11(9-19)10-20-14-7-12(17)4-5-13(14)18-15(20)8-16/h4-5,7,11H,2-3,6,8-10H2,1H3. The van der Waals surface area contributed by atoms with E-state index in [9.17, 15) is 0 Å². The van der Waals surface area contributed by atoms with Gasteiger partial charge in [-0.15, -0.1) is 11.6 Å². The van der Waals surface area contributed by atoms with Crippen LogP contribution in [0.4, 0.5) is 0 Å². The Labute approximate surface area is 129 Å². The number of alkyl halides is 1. The highest BCUT2D eigenvalue weighted by molar-refractivity contribution is 6.31. The number of hydrogen-bond donors (Lipinski definition) is 0. The first-order chi connectivity index (χ1) is 9.67. The number of nitrogens with zero attached hydrogens (tertiary/aromatic N) is 3. The molecule has 1 aliphatic rings. The molecule has 0 bridgehead atoms. The Morgan fingerprint density at radius 2 is 2.25 bits per heavy atom. The summed E-state index contributed by atoms with van der Waals surface area (Å²) in [4.78, 5) is 7.02. The number of piperidine rings is 1. The van der Waals surface area contributed by atoms with E-state index in [0.29, 0.717) is 11.8 Å². The second kappa shape index (κ2) is 5.92. The van der Waals surface area contributed by atoms with Crippen molar-refractivity contribution in [2.45, 2.75) is 25.3 Å². The molecule has 108 valence electrons. The molecule has 3 nitrogen and oxygen atoms in total. The minimum atomic E-state index is 0.439. The third-order valence-electron chi connectivity index (χ3n) is 4.07. The summed E-state index contributed by atoms with van der Waals surface area (Å²) in [6.07, 6.45) is 2.54. The summed E-state index contributed by atoms with van der Waals surface area (Å²) >= 11 is 12.2. The Balaban J connectivity index is 1.94. The minimum absolute atomic E-state index is 0.439. The van der Waals surface area contributed by atoms with Crippen molar-refractivity contribution in [3.8, 4) is 0 Å². The summed E-state index contributed by atoms with van der Waals surface area (Å²) in [5.41, 5.74) is 2.08. The lowest BCUT2D eigenvalue weighted by molar-refractivity contribution is 0.195. The third-order valence-corrected chi connectivity index (χ3v) is 4.55. The van der Waals surface area contributed by atoms with E-state index in [1.165, 1.54) is 19.4 Å². The molecule has 0 spiro atoms. The molecule has 1 aromatic carbocycles. The van der Waals surface area contributed by atoms with E-state index < -0.39 is 0 Å². The van der Waals surface area contributed by atoms with Gasteiger partial charge in [0, 0.05) is 18.1 Å². The van der Waals surface area contributed by atoms with Crippen LogP contribution in [0.3, 0.4) is 0 Å². The maximum atomic E-state index is 6.13. The molecular formula is C15H19Cl2N3. The van der Waals surface area contributed by atoms with Gasteiger partial charge in [-0.25, -0.2) is 4.98 Å². The zero-order valence-corrected chi connectivity index (χ0v) is 13.2. The van der Waals surface area contributed by atoms with Crippen molar-refractivity contribution in [2.24, 2.45) is 5.92 Å². The Morgan fingerprint density at radius 3 is 3.00 bits per heavy atom. The first kappa shape index (κ1) is 14.2. The fraction of sp³-hybridized carbons (Fsp3) is 0.533. The summed E-state index contributed by atoms with van der Waals surface area (Å²) in [6, 6.07) is 5.84. The highest BCUT2D eigenvalue weighted by Gasteiger charge is 2.20. The third kappa shape index (κ3) is 2.80. The molecule has 5 heteroatoms. The zero-order chi connectivity index (χ0) is 14.1. The number of hydrogen-bond acceptors (Lipinski definition) is 2. The van der Waals surface area contributed by atoms with Crippen LogP contribution in [0.2, 0.25) is 5.02 Å². The van der Waals surface area contributed by atoms with Gasteiger partial charge in [0.25, 0.3) is 0 Å². The van der Waals surface area contributed by atoms with Gasteiger partial charge in [0.05, 0.1) is 16.9 Å². The SMILES string of the molecule is CN1CCCC(Cn2c(CCl)nc3ccc(Cl)cc32)C1. The van der Waals surface area contributed by atoms with Gasteiger partial charge in [-0.05, 0) is 50.6 Å². The van der Waals surface area contributed by atoms with E-state index in [4.69, 9.17) is 23.2 Å². The molecule has 20 heavy (non-hydrogen) atoms. The number of aromatic nitrogens is 2. The van der Waals surface area contributed by atoms with Crippen LogP contribution in [0.1, 0.15) is 18.7 Å². The summed E-state index contributed by atoms with van der Waals surface area (Å²) in [5.74, 6) is 2.04. The molecule has 1 fully saturated rings. The van der Waals surface area contributed by atoms with E-state index in [1.807, 2.05) is 18.2 Å². The topological polar surface area (TPSA) is 21.1 Å². The maximum absolute atomic E-state index is 6.13. The fourth-order valence-electron chi connectivity index (χ4n) is 3.13. The zero-order valence-electron chi connectivity index (χ0n) is 11.6. The van der Waals surface area contributed by atoms with Gasteiger partial charge in [-0.1, -0.05) is 11.6 Å². The number of benzene rings is 1. The van der Waals surface area contributed by atoms with Gasteiger partial charge in [0.1, 0.15) is 5.82 Å². The molecule has 0 saturated carbocycles. The molecule has 1 unspecified atom stereocenters. The van der Waals surface area contributed by atoms with Crippen LogP contribution < -0.4 is 0 Å². The molecule has 3 rings (SSSR count). The summed E-state index contributed by atoms with van der Waals surface area (Å²) in [7, 11) is 2.19. The van der Waals surface area contributed by atoms with Crippen molar-refractivity contribution in [3.63, 3.8) is 0 Å². The molecule has 1 aliphatic heterocycles. The van der Waals surface area contributed by atoms with Crippen molar-refractivity contribution >= 4 is 34.2 Å². The van der Waals surface area contributed by atoms with Gasteiger partial charge in [0.15, 0.2) is 0 Å². The Hall–Kier alpha value is -0.770. The smallest absolute Gasteiger partial charge is 0.124 e. The van der Waals surface area contributed by atoms with Gasteiger partial charge >= 0.3 is 0 Å². The monoisotopic (exact) mass is 311 g/mol. The number of likely N-dealkylation sites (tertiary alicyclic amines) is 1. The van der Waals surface area contributed by atoms with Crippen molar-refractivity contribution in [1.29, 1.82) is 0 Å². The highest BCUT2D eigenvalue weighted by atomic mass is 35.5. The first-order valence-electron chi connectivity index (χ1n) is 7.06. The first-order valence-corrected chi connectivity index (χ1v) is 7.98. The van der Waals surface area contributed by atoms with Crippen LogP contribution in [0.5, 0.6) is 0 Å². The van der Waals surface area contributed by atoms with Gasteiger partial charge in [-0.2, -0.15) is 0 Å². The Kier molecular flexibility index (Phi) is 4.20. The normalized spacial score (nSPS) is 20.6. The molecule has 2 heterocycles. The van der Waals surface area contributed by atoms with Crippen LogP contribution in [0.15, 0.2) is 18.2 Å².